The van der Waals surface area contributed by atoms with Crippen molar-refractivity contribution in [3.63, 3.8) is 0 Å². The zero-order chi connectivity index (χ0) is 26.8. The number of hydrogen-bond acceptors (Lipinski definition) is 9. The molecule has 0 saturated carbocycles. The zero-order valence-corrected chi connectivity index (χ0v) is 22.5. The second-order valence-corrected chi connectivity index (χ2v) is 9.52. The fraction of sp³-hybridized carbons (Fsp3) is 0.593. The summed E-state index contributed by atoms with van der Waals surface area (Å²) in [5.41, 5.74) is 0.451. The van der Waals surface area contributed by atoms with E-state index in [1.54, 1.807) is 24.5 Å². The molecule has 2 aromatic rings. The molecule has 3 rings (SSSR count). The number of carbonyl (C=O) groups is 1. The number of carbonyl (C=O) groups excluding carboxylic acids is 1. The highest BCUT2D eigenvalue weighted by atomic mass is 16.5. The minimum Gasteiger partial charge on any atom is -0.493 e. The highest BCUT2D eigenvalue weighted by Gasteiger charge is 2.28. The Kier molecular flexibility index (Phi) is 11.1. The van der Waals surface area contributed by atoms with Gasteiger partial charge in [-0.15, -0.1) is 0 Å². The maximum Gasteiger partial charge on any atom is 0.254 e. The van der Waals surface area contributed by atoms with E-state index in [4.69, 9.17) is 28.1 Å². The van der Waals surface area contributed by atoms with Crippen molar-refractivity contribution in [2.45, 2.75) is 32.7 Å². The van der Waals surface area contributed by atoms with Crippen LogP contribution in [0.2, 0.25) is 0 Å². The molecule has 2 atom stereocenters. The fourth-order valence-electron chi connectivity index (χ4n) is 4.41. The van der Waals surface area contributed by atoms with Crippen LogP contribution in [-0.4, -0.2) is 100 Å². The van der Waals surface area contributed by atoms with Crippen LogP contribution in [0.25, 0.3) is 0 Å². The molecule has 0 spiro atoms. The van der Waals surface area contributed by atoms with Gasteiger partial charge in [0.2, 0.25) is 5.75 Å². The van der Waals surface area contributed by atoms with Crippen LogP contribution in [0.3, 0.4) is 0 Å². The summed E-state index contributed by atoms with van der Waals surface area (Å²) >= 11 is 0. The van der Waals surface area contributed by atoms with Crippen molar-refractivity contribution in [3.05, 3.63) is 41.9 Å². The van der Waals surface area contributed by atoms with Gasteiger partial charge in [-0.05, 0) is 30.2 Å². The lowest BCUT2D eigenvalue weighted by Gasteiger charge is -2.37. The number of morpholine rings is 1. The minimum absolute atomic E-state index is 0.139. The van der Waals surface area contributed by atoms with Crippen LogP contribution in [0.5, 0.6) is 17.2 Å². The minimum atomic E-state index is -0.638. The Bertz CT molecular complexity index is 940. The van der Waals surface area contributed by atoms with Crippen LogP contribution >= 0.6 is 0 Å². The number of methoxy groups -OCH3 is 3. The predicted octanol–water partition coefficient (Wildman–Crippen LogP) is 2.68. The Labute approximate surface area is 219 Å². The third-order valence-electron chi connectivity index (χ3n) is 6.03. The highest BCUT2D eigenvalue weighted by Crippen LogP contribution is 2.38. The Morgan fingerprint density at radius 3 is 2.51 bits per heavy atom. The number of hydrogen-bond donors (Lipinski definition) is 1. The summed E-state index contributed by atoms with van der Waals surface area (Å²) in [6.07, 6.45) is 0.772. The molecule has 206 valence electrons. The van der Waals surface area contributed by atoms with E-state index < -0.39 is 6.10 Å². The van der Waals surface area contributed by atoms with Crippen molar-refractivity contribution < 1.29 is 38.0 Å². The lowest BCUT2D eigenvalue weighted by atomic mass is 10.1. The maximum atomic E-state index is 13.6. The van der Waals surface area contributed by atoms with Crippen molar-refractivity contribution in [2.75, 3.05) is 67.3 Å². The first-order chi connectivity index (χ1) is 17.8. The standard InChI is InChI=1S/C27H40N2O8/c1-19(2)13-29(27(31)20-11-24(32-3)26(34-5)25(12-20)33-4)16-23-15-28(8-10-37-23)14-21(30)17-35-18-22-7-6-9-36-22/h6-7,9,11-12,19,21,23,30H,8,10,13-18H2,1-5H3. The highest BCUT2D eigenvalue weighted by molar-refractivity contribution is 5.95. The third kappa shape index (κ3) is 8.36. The molecular formula is C27H40N2O8. The van der Waals surface area contributed by atoms with Gasteiger partial charge in [0.25, 0.3) is 5.91 Å². The van der Waals surface area contributed by atoms with Gasteiger partial charge in [0, 0.05) is 38.3 Å². The number of rotatable bonds is 14. The van der Waals surface area contributed by atoms with Gasteiger partial charge in [-0.3, -0.25) is 9.69 Å². The molecule has 1 aliphatic heterocycles. The van der Waals surface area contributed by atoms with Crippen LogP contribution in [-0.2, 0) is 16.1 Å². The lowest BCUT2D eigenvalue weighted by Crippen LogP contribution is -2.51. The van der Waals surface area contributed by atoms with Crippen molar-refractivity contribution >= 4 is 5.91 Å². The molecule has 2 heterocycles. The van der Waals surface area contributed by atoms with Gasteiger partial charge in [0.1, 0.15) is 12.4 Å². The van der Waals surface area contributed by atoms with Gasteiger partial charge in [0.15, 0.2) is 11.5 Å². The molecule has 1 aromatic heterocycles. The van der Waals surface area contributed by atoms with Crippen LogP contribution in [0.4, 0.5) is 0 Å². The molecule has 2 unspecified atom stereocenters. The van der Waals surface area contributed by atoms with E-state index >= 15 is 0 Å². The fourth-order valence-corrected chi connectivity index (χ4v) is 4.41. The van der Waals surface area contributed by atoms with Crippen LogP contribution in [0.15, 0.2) is 34.9 Å². The number of β-amino-alcohol motifs (C(OH)–C–C–N with tert-alkyl or cyclic N) is 1. The molecule has 1 N–H and O–H groups in total. The van der Waals surface area contributed by atoms with Crippen LogP contribution < -0.4 is 14.2 Å². The molecule has 1 aromatic carbocycles. The number of aliphatic hydroxyl groups excluding tert-OH is 1. The molecule has 0 aliphatic carbocycles. The summed E-state index contributed by atoms with van der Waals surface area (Å²) in [6, 6.07) is 6.98. The summed E-state index contributed by atoms with van der Waals surface area (Å²) in [7, 11) is 4.58. The maximum absolute atomic E-state index is 13.6. The quantitative estimate of drug-likeness (QED) is 0.403. The SMILES string of the molecule is COc1cc(C(=O)N(CC(C)C)CC2CN(CC(O)COCc3ccco3)CCO2)cc(OC)c1OC. The van der Waals surface area contributed by atoms with E-state index in [0.29, 0.717) is 68.7 Å². The van der Waals surface area contributed by atoms with Gasteiger partial charge in [-0.25, -0.2) is 0 Å². The Hall–Kier alpha value is -2.79. The second-order valence-electron chi connectivity index (χ2n) is 9.52. The van der Waals surface area contributed by atoms with Gasteiger partial charge in [-0.1, -0.05) is 13.8 Å². The summed E-state index contributed by atoms with van der Waals surface area (Å²) in [5.74, 6) is 2.14. The van der Waals surface area contributed by atoms with Crippen molar-refractivity contribution in [1.82, 2.24) is 9.80 Å². The number of nitrogens with zero attached hydrogens (tertiary/aromatic N) is 2. The summed E-state index contributed by atoms with van der Waals surface area (Å²) in [6.45, 7) is 7.97. The molecule has 1 amide bonds. The van der Waals surface area contributed by atoms with Crippen molar-refractivity contribution in [1.29, 1.82) is 0 Å². The Morgan fingerprint density at radius 2 is 1.92 bits per heavy atom. The molecule has 1 saturated heterocycles. The topological polar surface area (TPSA) is 103 Å². The lowest BCUT2D eigenvalue weighted by molar-refractivity contribution is -0.0608. The van der Waals surface area contributed by atoms with Crippen LogP contribution in [0.1, 0.15) is 30.0 Å². The molecule has 1 aliphatic rings. The third-order valence-corrected chi connectivity index (χ3v) is 6.03. The zero-order valence-electron chi connectivity index (χ0n) is 22.5. The number of aliphatic hydroxyl groups is 1. The first-order valence-corrected chi connectivity index (χ1v) is 12.6. The number of amides is 1. The molecule has 0 bridgehead atoms. The molecule has 1 fully saturated rings. The molecule has 10 heteroatoms. The Balaban J connectivity index is 1.62. The summed E-state index contributed by atoms with van der Waals surface area (Å²) in [5, 5.41) is 10.5. The Morgan fingerprint density at radius 1 is 1.19 bits per heavy atom. The second kappa shape index (κ2) is 14.2. The number of benzene rings is 1. The van der Waals surface area contributed by atoms with E-state index in [1.807, 2.05) is 11.0 Å². The largest absolute Gasteiger partial charge is 0.493 e. The summed E-state index contributed by atoms with van der Waals surface area (Å²) in [4.78, 5) is 17.6. The molecule has 0 radical (unpaired) electrons. The summed E-state index contributed by atoms with van der Waals surface area (Å²) < 4.78 is 33.1. The molecular weight excluding hydrogens is 480 g/mol. The first-order valence-electron chi connectivity index (χ1n) is 12.6. The number of furan rings is 1. The average molecular weight is 521 g/mol. The molecule has 37 heavy (non-hydrogen) atoms. The van der Waals surface area contributed by atoms with Gasteiger partial charge in [0.05, 0.1) is 53.0 Å². The molecule has 10 nitrogen and oxygen atoms in total. The van der Waals surface area contributed by atoms with Crippen LogP contribution in [0, 0.1) is 5.92 Å². The predicted molar refractivity (Wildman–Crippen MR) is 137 cm³/mol. The van der Waals surface area contributed by atoms with E-state index in [0.717, 1.165) is 5.76 Å². The van der Waals surface area contributed by atoms with Gasteiger partial charge in [-0.2, -0.15) is 0 Å². The normalized spacial score (nSPS) is 17.0. The van der Waals surface area contributed by atoms with Gasteiger partial charge < -0.3 is 38.1 Å². The first kappa shape index (κ1) is 28.8. The van der Waals surface area contributed by atoms with E-state index in [-0.39, 0.29) is 24.5 Å². The average Bonchev–Trinajstić information content (AvgIpc) is 3.40. The van der Waals surface area contributed by atoms with E-state index in [1.165, 1.54) is 21.3 Å². The van der Waals surface area contributed by atoms with Gasteiger partial charge >= 0.3 is 0 Å². The smallest absolute Gasteiger partial charge is 0.254 e. The monoisotopic (exact) mass is 520 g/mol. The number of ether oxygens (including phenoxy) is 5. The van der Waals surface area contributed by atoms with E-state index in [9.17, 15) is 9.90 Å². The van der Waals surface area contributed by atoms with Crippen molar-refractivity contribution in [2.24, 2.45) is 5.92 Å². The van der Waals surface area contributed by atoms with Crippen molar-refractivity contribution in [3.8, 4) is 17.2 Å². The van der Waals surface area contributed by atoms with E-state index in [2.05, 4.69) is 18.7 Å².